The summed E-state index contributed by atoms with van der Waals surface area (Å²) in [7, 11) is 0. The van der Waals surface area contributed by atoms with Crippen LogP contribution >= 0.6 is 0 Å². The minimum atomic E-state index is -0.398. The van der Waals surface area contributed by atoms with Gasteiger partial charge in [0.15, 0.2) is 0 Å². The van der Waals surface area contributed by atoms with Crippen LogP contribution in [0.5, 0.6) is 0 Å². The monoisotopic (exact) mass is 264 g/mol. The molecule has 5 heteroatoms. The lowest BCUT2D eigenvalue weighted by molar-refractivity contribution is 0.0952. The Bertz CT molecular complexity index is 410. The van der Waals surface area contributed by atoms with Crippen molar-refractivity contribution in [2.24, 2.45) is 0 Å². The van der Waals surface area contributed by atoms with Crippen molar-refractivity contribution in [1.29, 1.82) is 0 Å². The van der Waals surface area contributed by atoms with Crippen molar-refractivity contribution in [3.05, 3.63) is 30.1 Å². The molecule has 1 aliphatic rings. The van der Waals surface area contributed by atoms with E-state index in [0.29, 0.717) is 19.4 Å². The van der Waals surface area contributed by atoms with Crippen LogP contribution in [0.2, 0.25) is 0 Å². The molecule has 0 aliphatic heterocycles. The second-order valence-corrected chi connectivity index (χ2v) is 4.80. The molecule has 1 aromatic heterocycles. The van der Waals surface area contributed by atoms with Crippen LogP contribution in [0.25, 0.3) is 0 Å². The summed E-state index contributed by atoms with van der Waals surface area (Å²) >= 11 is 0. The molecular weight excluding hydrogens is 244 g/mol. The lowest BCUT2D eigenvalue weighted by Crippen LogP contribution is -2.44. The highest BCUT2D eigenvalue weighted by Gasteiger charge is 2.32. The minimum Gasteiger partial charge on any atom is -0.450 e. The highest BCUT2D eigenvalue weighted by molar-refractivity contribution is 5.67. The number of carbonyl (C=O) groups is 1. The molecule has 3 atom stereocenters. The largest absolute Gasteiger partial charge is 0.450 e. The summed E-state index contributed by atoms with van der Waals surface area (Å²) in [5.41, 5.74) is 0.906. The number of aromatic nitrogens is 1. The number of pyridine rings is 1. The molecule has 1 fully saturated rings. The highest BCUT2D eigenvalue weighted by atomic mass is 16.5. The van der Waals surface area contributed by atoms with Crippen LogP contribution in [0.4, 0.5) is 4.79 Å². The van der Waals surface area contributed by atoms with Crippen LogP contribution < -0.4 is 5.32 Å². The second-order valence-electron chi connectivity index (χ2n) is 4.80. The van der Waals surface area contributed by atoms with Crippen molar-refractivity contribution in [3.8, 4) is 0 Å². The summed E-state index contributed by atoms with van der Waals surface area (Å²) in [6.07, 6.45) is 3.06. The van der Waals surface area contributed by atoms with Gasteiger partial charge in [-0.3, -0.25) is 4.98 Å². The maximum atomic E-state index is 11.6. The molecule has 1 heterocycles. The first kappa shape index (κ1) is 13.8. The third kappa shape index (κ3) is 3.67. The minimum absolute atomic E-state index is 0.0302. The van der Waals surface area contributed by atoms with E-state index in [1.165, 1.54) is 0 Å². The van der Waals surface area contributed by atoms with Gasteiger partial charge in [0, 0.05) is 23.9 Å². The Balaban J connectivity index is 2.09. The van der Waals surface area contributed by atoms with Gasteiger partial charge in [0.1, 0.15) is 0 Å². The molecule has 19 heavy (non-hydrogen) atoms. The summed E-state index contributed by atoms with van der Waals surface area (Å²) in [6, 6.07) is 5.68. The Kier molecular flexibility index (Phi) is 4.74. The van der Waals surface area contributed by atoms with Crippen LogP contribution in [0.1, 0.15) is 37.8 Å². The molecule has 1 amide bonds. The smallest absolute Gasteiger partial charge is 0.407 e. The number of hydrogen-bond acceptors (Lipinski definition) is 4. The molecule has 5 nitrogen and oxygen atoms in total. The van der Waals surface area contributed by atoms with E-state index in [0.717, 1.165) is 12.1 Å². The fourth-order valence-corrected chi connectivity index (χ4v) is 2.57. The van der Waals surface area contributed by atoms with Crippen LogP contribution in [0, 0.1) is 0 Å². The maximum Gasteiger partial charge on any atom is 0.407 e. The fourth-order valence-electron chi connectivity index (χ4n) is 2.57. The standard InChI is InChI=1S/C14H20N2O3/c1-2-19-14(18)16-13-7-6-10(17)9-11(13)12-5-3-4-8-15-12/h3-5,8,10-11,13,17H,2,6-7,9H2,1H3,(H,16,18). The predicted octanol–water partition coefficient (Wildman–Crippen LogP) is 1.82. The zero-order valence-electron chi connectivity index (χ0n) is 11.1. The van der Waals surface area contributed by atoms with Crippen LogP contribution in [-0.2, 0) is 4.74 Å². The summed E-state index contributed by atoms with van der Waals surface area (Å²) in [5.74, 6) is 0.0364. The van der Waals surface area contributed by atoms with Gasteiger partial charge in [-0.1, -0.05) is 6.07 Å². The first-order chi connectivity index (χ1) is 9.20. The lowest BCUT2D eigenvalue weighted by atomic mass is 9.80. The number of rotatable bonds is 3. The Morgan fingerprint density at radius 1 is 1.53 bits per heavy atom. The van der Waals surface area contributed by atoms with E-state index in [-0.39, 0.29) is 18.1 Å². The van der Waals surface area contributed by atoms with E-state index >= 15 is 0 Å². The molecule has 0 radical (unpaired) electrons. The van der Waals surface area contributed by atoms with Crippen molar-refractivity contribution < 1.29 is 14.6 Å². The third-order valence-electron chi connectivity index (χ3n) is 3.47. The predicted molar refractivity (Wildman–Crippen MR) is 70.8 cm³/mol. The summed E-state index contributed by atoms with van der Waals surface area (Å²) < 4.78 is 4.92. The Morgan fingerprint density at radius 3 is 3.05 bits per heavy atom. The molecule has 104 valence electrons. The van der Waals surface area contributed by atoms with Crippen LogP contribution in [0.3, 0.4) is 0 Å². The van der Waals surface area contributed by atoms with Crippen LogP contribution in [0.15, 0.2) is 24.4 Å². The van der Waals surface area contributed by atoms with Gasteiger partial charge in [0.25, 0.3) is 0 Å². The van der Waals surface area contributed by atoms with E-state index in [9.17, 15) is 9.90 Å². The van der Waals surface area contributed by atoms with Crippen molar-refractivity contribution in [2.75, 3.05) is 6.61 Å². The topological polar surface area (TPSA) is 71.5 Å². The average molecular weight is 264 g/mol. The van der Waals surface area contributed by atoms with Gasteiger partial charge in [0.2, 0.25) is 0 Å². The zero-order chi connectivity index (χ0) is 13.7. The van der Waals surface area contributed by atoms with Gasteiger partial charge in [-0.25, -0.2) is 4.79 Å². The van der Waals surface area contributed by atoms with Gasteiger partial charge in [-0.05, 0) is 38.3 Å². The molecule has 0 aromatic carbocycles. The number of amides is 1. The number of aliphatic hydroxyl groups is 1. The molecular formula is C14H20N2O3. The maximum absolute atomic E-state index is 11.6. The van der Waals surface area contributed by atoms with E-state index in [1.807, 2.05) is 18.2 Å². The van der Waals surface area contributed by atoms with E-state index < -0.39 is 6.09 Å². The Morgan fingerprint density at radius 2 is 2.37 bits per heavy atom. The molecule has 0 spiro atoms. The van der Waals surface area contributed by atoms with Crippen molar-refractivity contribution in [1.82, 2.24) is 10.3 Å². The third-order valence-corrected chi connectivity index (χ3v) is 3.47. The molecule has 1 aliphatic carbocycles. The van der Waals surface area contributed by atoms with Crippen molar-refractivity contribution in [3.63, 3.8) is 0 Å². The van der Waals surface area contributed by atoms with Crippen molar-refractivity contribution >= 4 is 6.09 Å². The van der Waals surface area contributed by atoms with Crippen LogP contribution in [-0.4, -0.2) is 34.9 Å². The average Bonchev–Trinajstić information content (AvgIpc) is 2.42. The fraction of sp³-hybridized carbons (Fsp3) is 0.571. The quantitative estimate of drug-likeness (QED) is 0.873. The summed E-state index contributed by atoms with van der Waals surface area (Å²) in [5, 5.41) is 12.7. The number of aliphatic hydroxyl groups excluding tert-OH is 1. The van der Waals surface area contributed by atoms with E-state index in [2.05, 4.69) is 10.3 Å². The van der Waals surface area contributed by atoms with Gasteiger partial charge in [-0.15, -0.1) is 0 Å². The molecule has 1 aromatic rings. The molecule has 2 N–H and O–H groups in total. The number of carbonyl (C=O) groups excluding carboxylic acids is 1. The molecule has 0 bridgehead atoms. The van der Waals surface area contributed by atoms with Gasteiger partial charge < -0.3 is 15.2 Å². The zero-order valence-corrected chi connectivity index (χ0v) is 11.1. The summed E-state index contributed by atoms with van der Waals surface area (Å²) in [6.45, 7) is 2.13. The van der Waals surface area contributed by atoms with E-state index in [4.69, 9.17) is 4.74 Å². The number of alkyl carbamates (subject to hydrolysis) is 1. The molecule has 0 saturated heterocycles. The number of ether oxygens (including phenoxy) is 1. The normalized spacial score (nSPS) is 26.7. The second kappa shape index (κ2) is 6.52. The highest BCUT2D eigenvalue weighted by Crippen LogP contribution is 2.32. The van der Waals surface area contributed by atoms with Gasteiger partial charge in [-0.2, -0.15) is 0 Å². The van der Waals surface area contributed by atoms with Gasteiger partial charge in [0.05, 0.1) is 12.7 Å². The molecule has 3 unspecified atom stereocenters. The van der Waals surface area contributed by atoms with E-state index in [1.54, 1.807) is 13.1 Å². The Hall–Kier alpha value is -1.62. The lowest BCUT2D eigenvalue weighted by Gasteiger charge is -2.34. The number of hydrogen-bond donors (Lipinski definition) is 2. The first-order valence-electron chi connectivity index (χ1n) is 6.73. The summed E-state index contributed by atoms with van der Waals surface area (Å²) in [4.78, 5) is 15.9. The SMILES string of the molecule is CCOC(=O)NC1CCC(O)CC1c1ccccn1. The molecule has 1 saturated carbocycles. The van der Waals surface area contributed by atoms with Crippen molar-refractivity contribution in [2.45, 2.75) is 44.2 Å². The molecule has 2 rings (SSSR count). The van der Waals surface area contributed by atoms with Gasteiger partial charge >= 0.3 is 6.09 Å². The number of nitrogens with one attached hydrogen (secondary N) is 1. The Labute approximate surface area is 113 Å². The first-order valence-corrected chi connectivity index (χ1v) is 6.73. The number of nitrogens with zero attached hydrogens (tertiary/aromatic N) is 1.